The van der Waals surface area contributed by atoms with Gasteiger partial charge in [0, 0.05) is 23.4 Å². The van der Waals surface area contributed by atoms with Gasteiger partial charge in [0.15, 0.2) is 5.69 Å². The van der Waals surface area contributed by atoms with E-state index >= 15 is 0 Å². The number of anilines is 1. The zero-order valence-electron chi connectivity index (χ0n) is 16.4. The van der Waals surface area contributed by atoms with Crippen LogP contribution < -0.4 is 13.8 Å². The third-order valence-corrected chi connectivity index (χ3v) is 4.95. The maximum absolute atomic E-state index is 12.4. The third kappa shape index (κ3) is 4.89. The van der Waals surface area contributed by atoms with Crippen LogP contribution in [0.15, 0.2) is 24.4 Å². The quantitative estimate of drug-likeness (QED) is 0.609. The number of aryl methyl sites for hydroxylation is 1. The van der Waals surface area contributed by atoms with E-state index in [4.69, 9.17) is 14.2 Å². The first-order chi connectivity index (χ1) is 13.2. The predicted octanol–water partition coefficient (Wildman–Crippen LogP) is 1.95. The van der Waals surface area contributed by atoms with Gasteiger partial charge in [-0.15, -0.1) is 0 Å². The summed E-state index contributed by atoms with van der Waals surface area (Å²) in [6.07, 6.45) is 2.42. The van der Waals surface area contributed by atoms with Crippen LogP contribution in [0.5, 0.6) is 11.5 Å². The number of esters is 1. The van der Waals surface area contributed by atoms with E-state index in [1.165, 1.54) is 20.4 Å². The summed E-state index contributed by atoms with van der Waals surface area (Å²) in [7, 11) is -0.756. The zero-order chi connectivity index (χ0) is 20.9. The van der Waals surface area contributed by atoms with Gasteiger partial charge >= 0.3 is 5.97 Å². The largest absolute Gasteiger partial charge is 0.497 e. The highest BCUT2D eigenvalue weighted by Gasteiger charge is 2.25. The first-order valence-corrected chi connectivity index (χ1v) is 10.3. The lowest BCUT2D eigenvalue weighted by molar-refractivity contribution is 0.0518. The van der Waals surface area contributed by atoms with Gasteiger partial charge < -0.3 is 14.2 Å². The monoisotopic (exact) mass is 409 g/mol. The van der Waals surface area contributed by atoms with Crippen molar-refractivity contribution in [1.82, 2.24) is 9.97 Å². The van der Waals surface area contributed by atoms with Gasteiger partial charge in [-0.2, -0.15) is 0 Å². The van der Waals surface area contributed by atoms with E-state index in [0.717, 1.165) is 10.6 Å². The molecule has 0 amide bonds. The van der Waals surface area contributed by atoms with Crippen LogP contribution in [0.1, 0.15) is 28.5 Å². The maximum Gasteiger partial charge on any atom is 0.357 e. The van der Waals surface area contributed by atoms with Crippen molar-refractivity contribution in [1.29, 1.82) is 0 Å². The van der Waals surface area contributed by atoms with Crippen LogP contribution in [0.2, 0.25) is 0 Å². The number of carbonyl (C=O) groups excluding carboxylic acids is 1. The molecule has 0 spiro atoms. The van der Waals surface area contributed by atoms with E-state index in [9.17, 15) is 13.2 Å². The Morgan fingerprint density at radius 3 is 2.50 bits per heavy atom. The fourth-order valence-electron chi connectivity index (χ4n) is 2.43. The number of hydrogen-bond donors (Lipinski definition) is 0. The molecule has 0 unspecified atom stereocenters. The number of hydrogen-bond acceptors (Lipinski definition) is 8. The summed E-state index contributed by atoms with van der Waals surface area (Å²) in [5, 5.41) is 0. The highest BCUT2D eigenvalue weighted by atomic mass is 32.2. The summed E-state index contributed by atoms with van der Waals surface area (Å²) in [6, 6.07) is 5.03. The van der Waals surface area contributed by atoms with E-state index in [-0.39, 0.29) is 24.8 Å². The Balaban J connectivity index is 2.49. The molecule has 2 aromatic rings. The molecule has 152 valence electrons. The van der Waals surface area contributed by atoms with Crippen LogP contribution in [-0.2, 0) is 21.3 Å². The topological polar surface area (TPSA) is 108 Å². The number of sulfonamides is 1. The van der Waals surface area contributed by atoms with Gasteiger partial charge in [-0.25, -0.2) is 27.5 Å². The Morgan fingerprint density at radius 1 is 1.21 bits per heavy atom. The van der Waals surface area contributed by atoms with Crippen LogP contribution in [-0.4, -0.2) is 51.4 Å². The molecule has 0 saturated heterocycles. The van der Waals surface area contributed by atoms with Gasteiger partial charge in [0.2, 0.25) is 16.0 Å². The molecule has 0 aliphatic rings. The van der Waals surface area contributed by atoms with E-state index in [1.54, 1.807) is 32.0 Å². The van der Waals surface area contributed by atoms with Crippen molar-refractivity contribution in [2.24, 2.45) is 0 Å². The van der Waals surface area contributed by atoms with Gasteiger partial charge in [0.25, 0.3) is 0 Å². The summed E-state index contributed by atoms with van der Waals surface area (Å²) in [4.78, 5) is 20.3. The van der Waals surface area contributed by atoms with Crippen LogP contribution in [0.3, 0.4) is 0 Å². The average molecular weight is 409 g/mol. The molecular formula is C18H23N3O6S. The Kier molecular flexibility index (Phi) is 6.79. The molecule has 0 bridgehead atoms. The second kappa shape index (κ2) is 8.87. The molecule has 1 aromatic carbocycles. The number of nitrogens with zero attached hydrogens (tertiary/aromatic N) is 3. The van der Waals surface area contributed by atoms with Gasteiger partial charge in [0.1, 0.15) is 11.5 Å². The minimum Gasteiger partial charge on any atom is -0.497 e. The molecule has 0 saturated carbocycles. The molecule has 0 N–H and O–H groups in total. The van der Waals surface area contributed by atoms with Crippen LogP contribution >= 0.6 is 0 Å². The average Bonchev–Trinajstić information content (AvgIpc) is 2.66. The summed E-state index contributed by atoms with van der Waals surface area (Å²) >= 11 is 0. The lowest BCUT2D eigenvalue weighted by atomic mass is 10.2. The van der Waals surface area contributed by atoms with E-state index in [2.05, 4.69) is 9.97 Å². The molecule has 0 radical (unpaired) electrons. The van der Waals surface area contributed by atoms with Gasteiger partial charge in [0.05, 0.1) is 33.6 Å². The minimum absolute atomic E-state index is 0.0159. The maximum atomic E-state index is 12.4. The highest BCUT2D eigenvalue weighted by molar-refractivity contribution is 7.92. The Morgan fingerprint density at radius 2 is 1.93 bits per heavy atom. The SMILES string of the molecule is CCOC(=O)c1nc(N(Cc2ccc(OC)cc2OC)S(C)(=O)=O)ncc1C. The number of rotatable bonds is 8. The van der Waals surface area contributed by atoms with Gasteiger partial charge in [-0.05, 0) is 26.0 Å². The summed E-state index contributed by atoms with van der Waals surface area (Å²) in [6.45, 7) is 3.41. The molecule has 2 rings (SSSR count). The van der Waals surface area contributed by atoms with Gasteiger partial charge in [-0.1, -0.05) is 0 Å². The van der Waals surface area contributed by atoms with Gasteiger partial charge in [-0.3, -0.25) is 0 Å². The van der Waals surface area contributed by atoms with Crippen molar-refractivity contribution in [3.05, 3.63) is 41.2 Å². The number of benzene rings is 1. The number of carbonyl (C=O) groups is 1. The van der Waals surface area contributed by atoms with Crippen molar-refractivity contribution in [2.75, 3.05) is 31.4 Å². The number of ether oxygens (including phenoxy) is 3. The number of methoxy groups -OCH3 is 2. The lowest BCUT2D eigenvalue weighted by Crippen LogP contribution is -2.31. The Bertz CT molecular complexity index is 962. The molecule has 0 aliphatic heterocycles. The normalized spacial score (nSPS) is 11.0. The Labute approximate surface area is 164 Å². The molecule has 0 fully saturated rings. The molecule has 1 heterocycles. The predicted molar refractivity (Wildman–Crippen MR) is 103 cm³/mol. The van der Waals surface area contributed by atoms with E-state index < -0.39 is 16.0 Å². The standard InChI is InChI=1S/C18H23N3O6S/c1-6-27-17(22)16-12(2)10-19-18(20-16)21(28(5,23)24)11-13-7-8-14(25-3)9-15(13)26-4/h7-10H,6,11H2,1-5H3. The fraction of sp³-hybridized carbons (Fsp3) is 0.389. The lowest BCUT2D eigenvalue weighted by Gasteiger charge is -2.22. The van der Waals surface area contributed by atoms with Crippen LogP contribution in [0, 0.1) is 6.92 Å². The molecule has 9 nitrogen and oxygen atoms in total. The summed E-state index contributed by atoms with van der Waals surface area (Å²) in [5.41, 5.74) is 1.08. The second-order valence-corrected chi connectivity index (χ2v) is 7.78. The van der Waals surface area contributed by atoms with Crippen molar-refractivity contribution >= 4 is 21.9 Å². The van der Waals surface area contributed by atoms with E-state index in [0.29, 0.717) is 22.6 Å². The van der Waals surface area contributed by atoms with Crippen LogP contribution in [0.25, 0.3) is 0 Å². The van der Waals surface area contributed by atoms with E-state index in [1.807, 2.05) is 0 Å². The van der Waals surface area contributed by atoms with Crippen molar-refractivity contribution in [3.8, 4) is 11.5 Å². The first kappa shape index (κ1) is 21.4. The second-order valence-electron chi connectivity index (χ2n) is 5.87. The molecule has 28 heavy (non-hydrogen) atoms. The molecule has 0 aliphatic carbocycles. The summed E-state index contributed by atoms with van der Waals surface area (Å²) < 4.78 is 41.3. The zero-order valence-corrected chi connectivity index (χ0v) is 17.2. The summed E-state index contributed by atoms with van der Waals surface area (Å²) in [5.74, 6) is 0.251. The highest BCUT2D eigenvalue weighted by Crippen LogP contribution is 2.28. The Hall–Kier alpha value is -2.88. The molecule has 1 aromatic heterocycles. The van der Waals surface area contributed by atoms with Crippen molar-refractivity contribution in [2.45, 2.75) is 20.4 Å². The molecular weight excluding hydrogens is 386 g/mol. The molecule has 0 atom stereocenters. The third-order valence-electron chi connectivity index (χ3n) is 3.86. The van der Waals surface area contributed by atoms with Crippen LogP contribution in [0.4, 0.5) is 5.95 Å². The van der Waals surface area contributed by atoms with Crippen molar-refractivity contribution < 1.29 is 27.4 Å². The fourth-order valence-corrected chi connectivity index (χ4v) is 3.19. The number of aromatic nitrogens is 2. The van der Waals surface area contributed by atoms with Crippen molar-refractivity contribution in [3.63, 3.8) is 0 Å². The minimum atomic E-state index is -3.76. The first-order valence-electron chi connectivity index (χ1n) is 8.40. The smallest absolute Gasteiger partial charge is 0.357 e. The molecule has 10 heteroatoms.